The standard InChI is InChI=1S/C16H26N2O2S/c19-14-10-6-2-5-9-13(14)16-17-15(18-20-16)11-21-12-7-3-1-4-8-12/h12-14,19H,1-11H2. The Hall–Kier alpha value is -0.550. The molecule has 3 rings (SSSR count). The second-order valence-electron chi connectivity index (χ2n) is 6.43. The van der Waals surface area contributed by atoms with Gasteiger partial charge in [0.15, 0.2) is 5.82 Å². The maximum atomic E-state index is 10.2. The lowest BCUT2D eigenvalue weighted by Gasteiger charge is -2.20. The molecule has 2 atom stereocenters. The first kappa shape index (κ1) is 15.3. The molecule has 0 aliphatic heterocycles. The van der Waals surface area contributed by atoms with E-state index >= 15 is 0 Å². The summed E-state index contributed by atoms with van der Waals surface area (Å²) in [5.41, 5.74) is 0. The van der Waals surface area contributed by atoms with E-state index in [1.807, 2.05) is 11.8 Å². The summed E-state index contributed by atoms with van der Waals surface area (Å²) < 4.78 is 5.44. The summed E-state index contributed by atoms with van der Waals surface area (Å²) in [6.07, 6.45) is 11.8. The molecule has 0 saturated heterocycles. The van der Waals surface area contributed by atoms with Crippen LogP contribution in [0.15, 0.2) is 4.52 Å². The van der Waals surface area contributed by atoms with Crippen molar-refractivity contribution in [2.45, 2.75) is 87.2 Å². The molecule has 4 nitrogen and oxygen atoms in total. The van der Waals surface area contributed by atoms with Gasteiger partial charge in [0.05, 0.1) is 17.8 Å². The van der Waals surface area contributed by atoms with Crippen molar-refractivity contribution in [3.63, 3.8) is 0 Å². The van der Waals surface area contributed by atoms with Gasteiger partial charge in [-0.25, -0.2) is 0 Å². The second kappa shape index (κ2) is 7.63. The van der Waals surface area contributed by atoms with E-state index < -0.39 is 0 Å². The fourth-order valence-corrected chi connectivity index (χ4v) is 4.65. The fraction of sp³-hybridized carbons (Fsp3) is 0.875. The molecule has 2 saturated carbocycles. The summed E-state index contributed by atoms with van der Waals surface area (Å²) in [4.78, 5) is 4.55. The highest BCUT2D eigenvalue weighted by atomic mass is 32.2. The number of nitrogens with zero attached hydrogens (tertiary/aromatic N) is 2. The third-order valence-electron chi connectivity index (χ3n) is 4.78. The number of hydrogen-bond donors (Lipinski definition) is 1. The first-order valence-electron chi connectivity index (χ1n) is 8.45. The summed E-state index contributed by atoms with van der Waals surface area (Å²) in [5, 5.41) is 15.1. The highest BCUT2D eigenvalue weighted by Gasteiger charge is 2.28. The van der Waals surface area contributed by atoms with Gasteiger partial charge < -0.3 is 9.63 Å². The lowest BCUT2D eigenvalue weighted by molar-refractivity contribution is 0.119. The van der Waals surface area contributed by atoms with Gasteiger partial charge in [0.25, 0.3) is 0 Å². The van der Waals surface area contributed by atoms with Gasteiger partial charge in [-0.15, -0.1) is 0 Å². The molecule has 2 aliphatic carbocycles. The van der Waals surface area contributed by atoms with Crippen molar-refractivity contribution in [3.8, 4) is 0 Å². The molecule has 1 aromatic rings. The molecule has 1 aromatic heterocycles. The predicted octanol–water partition coefficient (Wildman–Crippen LogP) is 4.04. The molecule has 2 unspecified atom stereocenters. The average Bonchev–Trinajstić information content (AvgIpc) is 2.88. The number of thioether (sulfide) groups is 1. The molecule has 21 heavy (non-hydrogen) atoms. The van der Waals surface area contributed by atoms with E-state index in [2.05, 4.69) is 10.1 Å². The number of aromatic nitrogens is 2. The summed E-state index contributed by atoms with van der Waals surface area (Å²) in [6, 6.07) is 0. The smallest absolute Gasteiger partial charge is 0.232 e. The van der Waals surface area contributed by atoms with Crippen molar-refractivity contribution in [1.82, 2.24) is 10.1 Å². The monoisotopic (exact) mass is 310 g/mol. The minimum Gasteiger partial charge on any atom is -0.392 e. The van der Waals surface area contributed by atoms with Crippen LogP contribution in [0.1, 0.15) is 81.8 Å². The molecule has 2 aliphatic rings. The molecule has 1 heterocycles. The fourth-order valence-electron chi connectivity index (χ4n) is 3.48. The molecule has 2 fully saturated rings. The van der Waals surface area contributed by atoms with Crippen molar-refractivity contribution < 1.29 is 9.63 Å². The van der Waals surface area contributed by atoms with E-state index in [0.29, 0.717) is 5.89 Å². The van der Waals surface area contributed by atoms with Gasteiger partial charge in [-0.2, -0.15) is 16.7 Å². The largest absolute Gasteiger partial charge is 0.392 e. The topological polar surface area (TPSA) is 59.2 Å². The maximum Gasteiger partial charge on any atom is 0.232 e. The van der Waals surface area contributed by atoms with E-state index in [0.717, 1.165) is 42.5 Å². The van der Waals surface area contributed by atoms with Crippen LogP contribution in [0.2, 0.25) is 0 Å². The Morgan fingerprint density at radius 1 is 1.00 bits per heavy atom. The average molecular weight is 310 g/mol. The highest BCUT2D eigenvalue weighted by Crippen LogP contribution is 2.33. The SMILES string of the molecule is OC1CCCCCC1c1nc(CSC2CCCCC2)no1. The highest BCUT2D eigenvalue weighted by molar-refractivity contribution is 7.99. The van der Waals surface area contributed by atoms with E-state index in [1.165, 1.54) is 38.5 Å². The van der Waals surface area contributed by atoms with Crippen LogP contribution < -0.4 is 0 Å². The molecular weight excluding hydrogens is 284 g/mol. The molecule has 0 spiro atoms. The van der Waals surface area contributed by atoms with Gasteiger partial charge >= 0.3 is 0 Å². The lowest BCUT2D eigenvalue weighted by atomic mass is 9.97. The maximum absolute atomic E-state index is 10.2. The van der Waals surface area contributed by atoms with Crippen molar-refractivity contribution in [2.24, 2.45) is 0 Å². The van der Waals surface area contributed by atoms with Gasteiger partial charge in [-0.3, -0.25) is 0 Å². The summed E-state index contributed by atoms with van der Waals surface area (Å²) >= 11 is 1.97. The van der Waals surface area contributed by atoms with Crippen molar-refractivity contribution in [3.05, 3.63) is 11.7 Å². The molecule has 1 N–H and O–H groups in total. The van der Waals surface area contributed by atoms with Crippen LogP contribution in [0.3, 0.4) is 0 Å². The normalized spacial score (nSPS) is 28.4. The quantitative estimate of drug-likeness (QED) is 0.850. The van der Waals surface area contributed by atoms with Crippen molar-refractivity contribution >= 4 is 11.8 Å². The number of aliphatic hydroxyl groups excluding tert-OH is 1. The van der Waals surface area contributed by atoms with E-state index in [4.69, 9.17) is 4.52 Å². The van der Waals surface area contributed by atoms with Gasteiger partial charge in [0.1, 0.15) is 0 Å². The van der Waals surface area contributed by atoms with Crippen LogP contribution in [0.4, 0.5) is 0 Å². The van der Waals surface area contributed by atoms with Crippen LogP contribution in [0.5, 0.6) is 0 Å². The minimum atomic E-state index is -0.313. The second-order valence-corrected chi connectivity index (χ2v) is 7.72. The Morgan fingerprint density at radius 3 is 2.52 bits per heavy atom. The van der Waals surface area contributed by atoms with Gasteiger partial charge in [-0.1, -0.05) is 43.7 Å². The summed E-state index contributed by atoms with van der Waals surface area (Å²) in [5.74, 6) is 2.35. The van der Waals surface area contributed by atoms with Crippen molar-refractivity contribution in [1.29, 1.82) is 0 Å². The first-order chi connectivity index (χ1) is 10.3. The Kier molecular flexibility index (Phi) is 5.58. The Balaban J connectivity index is 1.54. The zero-order valence-electron chi connectivity index (χ0n) is 12.7. The predicted molar refractivity (Wildman–Crippen MR) is 84.3 cm³/mol. The number of rotatable bonds is 4. The molecule has 118 valence electrons. The van der Waals surface area contributed by atoms with Crippen LogP contribution in [0, 0.1) is 0 Å². The zero-order valence-corrected chi connectivity index (χ0v) is 13.5. The Morgan fingerprint density at radius 2 is 1.71 bits per heavy atom. The molecule has 0 bridgehead atoms. The first-order valence-corrected chi connectivity index (χ1v) is 9.50. The third kappa shape index (κ3) is 4.22. The summed E-state index contributed by atoms with van der Waals surface area (Å²) in [7, 11) is 0. The van der Waals surface area contributed by atoms with Gasteiger partial charge in [0, 0.05) is 5.25 Å². The molecule has 0 amide bonds. The van der Waals surface area contributed by atoms with Crippen LogP contribution in [-0.4, -0.2) is 26.6 Å². The molecule has 5 heteroatoms. The minimum absolute atomic E-state index is 0.0495. The Labute approximate surface area is 131 Å². The van der Waals surface area contributed by atoms with Crippen LogP contribution in [0.25, 0.3) is 0 Å². The molecule has 0 radical (unpaired) electrons. The molecule has 0 aromatic carbocycles. The third-order valence-corrected chi connectivity index (χ3v) is 6.15. The van der Waals surface area contributed by atoms with E-state index in [-0.39, 0.29) is 12.0 Å². The number of aliphatic hydroxyl groups is 1. The summed E-state index contributed by atoms with van der Waals surface area (Å²) in [6.45, 7) is 0. The van der Waals surface area contributed by atoms with Crippen LogP contribution in [-0.2, 0) is 5.75 Å². The number of hydrogen-bond acceptors (Lipinski definition) is 5. The lowest BCUT2D eigenvalue weighted by Crippen LogP contribution is -2.17. The zero-order chi connectivity index (χ0) is 14.5. The van der Waals surface area contributed by atoms with Gasteiger partial charge in [-0.05, 0) is 25.7 Å². The van der Waals surface area contributed by atoms with Crippen molar-refractivity contribution in [2.75, 3.05) is 0 Å². The Bertz CT molecular complexity index is 432. The van der Waals surface area contributed by atoms with E-state index in [9.17, 15) is 5.11 Å². The van der Waals surface area contributed by atoms with Crippen LogP contribution >= 0.6 is 11.8 Å². The van der Waals surface area contributed by atoms with Gasteiger partial charge in [0.2, 0.25) is 5.89 Å². The molecular formula is C16H26N2O2S. The van der Waals surface area contributed by atoms with E-state index in [1.54, 1.807) is 0 Å².